The van der Waals surface area contributed by atoms with Crippen molar-refractivity contribution in [2.24, 2.45) is 11.3 Å². The molecule has 0 saturated heterocycles. The van der Waals surface area contributed by atoms with Gasteiger partial charge < -0.3 is 0 Å². The van der Waals surface area contributed by atoms with Crippen LogP contribution in [0, 0.1) is 11.3 Å². The second kappa shape index (κ2) is 3.39. The molecule has 86 valence electrons. The number of benzene rings is 1. The van der Waals surface area contributed by atoms with Crippen LogP contribution in [0.3, 0.4) is 0 Å². The predicted molar refractivity (Wildman–Crippen MR) is 68.0 cm³/mol. The van der Waals surface area contributed by atoms with Gasteiger partial charge in [0.1, 0.15) is 0 Å². The minimum atomic E-state index is 0.182. The first-order chi connectivity index (χ1) is 8.09. The molecule has 1 aromatic heterocycles. The molecule has 2 heteroatoms. The first-order valence-electron chi connectivity index (χ1n) is 5.96. The molecular formula is C15H15NO. The van der Waals surface area contributed by atoms with E-state index < -0.39 is 0 Å². The Bertz CT molecular complexity index is 595. The van der Waals surface area contributed by atoms with Crippen LogP contribution in [0.5, 0.6) is 0 Å². The first kappa shape index (κ1) is 10.5. The third-order valence-corrected chi connectivity index (χ3v) is 3.78. The summed E-state index contributed by atoms with van der Waals surface area (Å²) in [7, 11) is 0. The van der Waals surface area contributed by atoms with Gasteiger partial charge in [-0.2, -0.15) is 0 Å². The standard InChI is InChI=1S/C15H15NO/c1-15(2)8-13(15)14(17)11-5-3-4-10-6-7-16-9-12(10)11/h3-7,9,13H,8H2,1-2H3. The summed E-state index contributed by atoms with van der Waals surface area (Å²) in [6.45, 7) is 4.30. The fraction of sp³-hybridized carbons (Fsp3) is 0.333. The normalized spacial score (nSPS) is 21.4. The second-order valence-corrected chi connectivity index (χ2v) is 5.51. The fourth-order valence-corrected chi connectivity index (χ4v) is 2.43. The fourth-order valence-electron chi connectivity index (χ4n) is 2.43. The van der Waals surface area contributed by atoms with Crippen LogP contribution in [0.15, 0.2) is 36.7 Å². The van der Waals surface area contributed by atoms with Crippen molar-refractivity contribution in [2.45, 2.75) is 20.3 Å². The first-order valence-corrected chi connectivity index (χ1v) is 5.96. The van der Waals surface area contributed by atoms with E-state index in [1.807, 2.05) is 24.3 Å². The van der Waals surface area contributed by atoms with E-state index in [0.717, 1.165) is 22.8 Å². The zero-order valence-electron chi connectivity index (χ0n) is 10.1. The number of pyridine rings is 1. The average molecular weight is 225 g/mol. The highest BCUT2D eigenvalue weighted by Gasteiger charge is 2.50. The quantitative estimate of drug-likeness (QED) is 0.732. The van der Waals surface area contributed by atoms with Gasteiger partial charge in [-0.1, -0.05) is 32.0 Å². The third-order valence-electron chi connectivity index (χ3n) is 3.78. The SMILES string of the molecule is CC1(C)CC1C(=O)c1cccc2ccncc12. The number of hydrogen-bond donors (Lipinski definition) is 0. The van der Waals surface area contributed by atoms with Crippen molar-refractivity contribution >= 4 is 16.6 Å². The van der Waals surface area contributed by atoms with Crippen LogP contribution in [0.25, 0.3) is 10.8 Å². The van der Waals surface area contributed by atoms with Gasteiger partial charge in [0.05, 0.1) is 0 Å². The highest BCUT2D eigenvalue weighted by molar-refractivity contribution is 6.10. The number of rotatable bonds is 2. The number of carbonyl (C=O) groups excluding carboxylic acids is 1. The molecule has 0 spiro atoms. The number of hydrogen-bond acceptors (Lipinski definition) is 2. The lowest BCUT2D eigenvalue weighted by molar-refractivity contribution is 0.0955. The third kappa shape index (κ3) is 1.64. The van der Waals surface area contributed by atoms with Gasteiger partial charge in [0, 0.05) is 29.3 Å². The van der Waals surface area contributed by atoms with Gasteiger partial charge in [-0.05, 0) is 23.3 Å². The largest absolute Gasteiger partial charge is 0.294 e. The maximum absolute atomic E-state index is 12.4. The van der Waals surface area contributed by atoms with Crippen molar-refractivity contribution in [3.63, 3.8) is 0 Å². The van der Waals surface area contributed by atoms with Crippen molar-refractivity contribution in [3.05, 3.63) is 42.2 Å². The minimum Gasteiger partial charge on any atom is -0.294 e. The predicted octanol–water partition coefficient (Wildman–Crippen LogP) is 3.46. The summed E-state index contributed by atoms with van der Waals surface area (Å²) in [5, 5.41) is 2.06. The van der Waals surface area contributed by atoms with Gasteiger partial charge in [0.2, 0.25) is 0 Å². The summed E-state index contributed by atoms with van der Waals surface area (Å²) in [6.07, 6.45) is 4.55. The lowest BCUT2D eigenvalue weighted by Gasteiger charge is -2.06. The molecule has 0 radical (unpaired) electrons. The summed E-state index contributed by atoms with van der Waals surface area (Å²) in [5.41, 5.74) is 1.01. The Morgan fingerprint density at radius 2 is 2.12 bits per heavy atom. The summed E-state index contributed by atoms with van der Waals surface area (Å²) < 4.78 is 0. The summed E-state index contributed by atoms with van der Waals surface area (Å²) >= 11 is 0. The van der Waals surface area contributed by atoms with E-state index in [0.29, 0.717) is 0 Å². The maximum atomic E-state index is 12.4. The number of nitrogens with zero attached hydrogens (tertiary/aromatic N) is 1. The molecule has 1 aromatic carbocycles. The van der Waals surface area contributed by atoms with E-state index in [4.69, 9.17) is 0 Å². The van der Waals surface area contributed by atoms with E-state index >= 15 is 0 Å². The van der Waals surface area contributed by atoms with Crippen molar-refractivity contribution in [1.29, 1.82) is 0 Å². The summed E-state index contributed by atoms with van der Waals surface area (Å²) in [4.78, 5) is 16.5. The van der Waals surface area contributed by atoms with Gasteiger partial charge in [0.25, 0.3) is 0 Å². The van der Waals surface area contributed by atoms with Crippen molar-refractivity contribution < 1.29 is 4.79 Å². The molecule has 2 aromatic rings. The zero-order valence-corrected chi connectivity index (χ0v) is 10.1. The Labute approximate surface area is 101 Å². The Kier molecular flexibility index (Phi) is 2.09. The number of fused-ring (bicyclic) bond motifs is 1. The van der Waals surface area contributed by atoms with Gasteiger partial charge in [-0.25, -0.2) is 0 Å². The Morgan fingerprint density at radius 1 is 1.35 bits per heavy atom. The molecule has 1 saturated carbocycles. The molecule has 2 nitrogen and oxygen atoms in total. The Balaban J connectivity index is 2.09. The van der Waals surface area contributed by atoms with Crippen LogP contribution < -0.4 is 0 Å². The lowest BCUT2D eigenvalue weighted by atomic mass is 9.97. The molecule has 17 heavy (non-hydrogen) atoms. The molecule has 0 bridgehead atoms. The number of ketones is 1. The Hall–Kier alpha value is -1.70. The van der Waals surface area contributed by atoms with Gasteiger partial charge in [-0.3, -0.25) is 9.78 Å². The molecule has 0 aliphatic heterocycles. The van der Waals surface area contributed by atoms with E-state index in [1.165, 1.54) is 0 Å². The van der Waals surface area contributed by atoms with Gasteiger partial charge in [0.15, 0.2) is 5.78 Å². The molecule has 3 rings (SSSR count). The molecule has 1 aliphatic carbocycles. The van der Waals surface area contributed by atoms with Crippen LogP contribution in [0.2, 0.25) is 0 Å². The molecule has 0 amide bonds. The number of carbonyl (C=O) groups is 1. The molecule has 1 aliphatic rings. The monoisotopic (exact) mass is 225 g/mol. The van der Waals surface area contributed by atoms with Gasteiger partial charge >= 0.3 is 0 Å². The minimum absolute atomic E-state index is 0.182. The second-order valence-electron chi connectivity index (χ2n) is 5.51. The maximum Gasteiger partial charge on any atom is 0.167 e. The molecule has 0 N–H and O–H groups in total. The molecule has 1 atom stereocenters. The molecule has 1 heterocycles. The van der Waals surface area contributed by atoms with Crippen LogP contribution in [-0.4, -0.2) is 10.8 Å². The molecule has 1 fully saturated rings. The van der Waals surface area contributed by atoms with Crippen LogP contribution in [0.4, 0.5) is 0 Å². The van der Waals surface area contributed by atoms with Crippen molar-refractivity contribution in [2.75, 3.05) is 0 Å². The number of aromatic nitrogens is 1. The average Bonchev–Trinajstić information content (AvgIpc) is 2.97. The topological polar surface area (TPSA) is 30.0 Å². The van der Waals surface area contributed by atoms with E-state index in [-0.39, 0.29) is 17.1 Å². The van der Waals surface area contributed by atoms with Crippen molar-refractivity contribution in [1.82, 2.24) is 4.98 Å². The smallest absolute Gasteiger partial charge is 0.167 e. The van der Waals surface area contributed by atoms with Crippen LogP contribution in [0.1, 0.15) is 30.6 Å². The highest BCUT2D eigenvalue weighted by atomic mass is 16.1. The van der Waals surface area contributed by atoms with Crippen LogP contribution in [-0.2, 0) is 0 Å². The molecule has 1 unspecified atom stereocenters. The number of Topliss-reactive ketones (excluding diaryl/α,β-unsaturated/α-hetero) is 1. The summed E-state index contributed by atoms with van der Waals surface area (Å²) in [6, 6.07) is 7.84. The van der Waals surface area contributed by atoms with E-state index in [9.17, 15) is 4.79 Å². The van der Waals surface area contributed by atoms with E-state index in [1.54, 1.807) is 12.4 Å². The van der Waals surface area contributed by atoms with Crippen LogP contribution >= 0.6 is 0 Å². The van der Waals surface area contributed by atoms with Crippen molar-refractivity contribution in [3.8, 4) is 0 Å². The molecular weight excluding hydrogens is 210 g/mol. The highest BCUT2D eigenvalue weighted by Crippen LogP contribution is 2.53. The summed E-state index contributed by atoms with van der Waals surface area (Å²) in [5.74, 6) is 0.460. The zero-order chi connectivity index (χ0) is 12.0. The van der Waals surface area contributed by atoms with E-state index in [2.05, 4.69) is 18.8 Å². The van der Waals surface area contributed by atoms with Gasteiger partial charge in [-0.15, -0.1) is 0 Å². The Morgan fingerprint density at radius 3 is 2.82 bits per heavy atom. The lowest BCUT2D eigenvalue weighted by Crippen LogP contribution is -2.07.